The highest BCUT2D eigenvalue weighted by atomic mass is 32.1. The Balaban J connectivity index is 2.40. The summed E-state index contributed by atoms with van der Waals surface area (Å²) in [6.45, 7) is 6.10. The van der Waals surface area contributed by atoms with E-state index < -0.39 is 6.50 Å². The zero-order valence-electron chi connectivity index (χ0n) is 14.4. The first-order valence-corrected chi connectivity index (χ1v) is 7.40. The summed E-state index contributed by atoms with van der Waals surface area (Å²) < 4.78 is 17.3. The molecule has 0 amide bonds. The van der Waals surface area contributed by atoms with Crippen LogP contribution in [0.2, 0.25) is 0 Å². The van der Waals surface area contributed by atoms with Gasteiger partial charge < -0.3 is 4.90 Å². The molecule has 21 heavy (non-hydrogen) atoms. The van der Waals surface area contributed by atoms with E-state index in [1.165, 1.54) is 0 Å². The molecular weight excluding hydrogens is 274 g/mol. The Labute approximate surface area is 135 Å². The van der Waals surface area contributed by atoms with Crippen LogP contribution in [0.25, 0.3) is 5.57 Å². The van der Waals surface area contributed by atoms with Gasteiger partial charge in [-0.25, -0.2) is 0 Å². The van der Waals surface area contributed by atoms with Crippen LogP contribution < -0.4 is 0 Å². The van der Waals surface area contributed by atoms with Crippen LogP contribution in [0.3, 0.4) is 0 Å². The largest absolute Gasteiger partial charge is 0.356 e. The third-order valence-electron chi connectivity index (χ3n) is 3.13. The van der Waals surface area contributed by atoms with E-state index in [9.17, 15) is 0 Å². The van der Waals surface area contributed by atoms with Crippen molar-refractivity contribution in [1.82, 2.24) is 4.90 Å². The van der Waals surface area contributed by atoms with Gasteiger partial charge in [0.25, 0.3) is 0 Å². The van der Waals surface area contributed by atoms with Crippen LogP contribution in [0.4, 0.5) is 0 Å². The number of hydrogen-bond acceptors (Lipinski definition) is 1. The van der Waals surface area contributed by atoms with Gasteiger partial charge in [-0.1, -0.05) is 79.5 Å². The average Bonchev–Trinajstić information content (AvgIpc) is 2.55. The topological polar surface area (TPSA) is 3.24 Å². The summed E-state index contributed by atoms with van der Waals surface area (Å²) in [4.78, 5) is 2.11. The molecule has 0 saturated carbocycles. The van der Waals surface area contributed by atoms with Crippen molar-refractivity contribution in [2.45, 2.75) is 19.9 Å². The molecule has 0 bridgehead atoms. The maximum atomic E-state index is 8.64. The predicted molar refractivity (Wildman–Crippen MR) is 95.5 cm³/mol. The van der Waals surface area contributed by atoms with Gasteiger partial charge in [-0.2, -0.15) is 0 Å². The molecule has 1 nitrogen and oxygen atoms in total. The summed E-state index contributed by atoms with van der Waals surface area (Å²) in [6, 6.07) is 18.8. The maximum Gasteiger partial charge on any atom is 0.109 e. The molecule has 0 unspecified atom stereocenters. The summed E-state index contributed by atoms with van der Waals surface area (Å²) in [5, 5.41) is 0. The molecule has 0 spiro atoms. The minimum absolute atomic E-state index is 0.0989. The molecule has 0 fully saturated rings. The molecule has 0 heterocycles. The van der Waals surface area contributed by atoms with Gasteiger partial charge in [0, 0.05) is 18.1 Å². The summed E-state index contributed by atoms with van der Waals surface area (Å²) in [5.41, 5.74) is 2.02. The third kappa shape index (κ3) is 4.02. The Bertz CT molecular complexity index is 681. The molecule has 0 radical (unpaired) electrons. The van der Waals surface area contributed by atoms with Crippen LogP contribution in [-0.4, -0.2) is 22.4 Å². The van der Waals surface area contributed by atoms with Crippen LogP contribution in [0.5, 0.6) is 0 Å². The van der Waals surface area contributed by atoms with Gasteiger partial charge in [0.2, 0.25) is 0 Å². The zero-order chi connectivity index (χ0) is 17.0. The lowest BCUT2D eigenvalue weighted by Crippen LogP contribution is -2.37. The fraction of sp³-hybridized carbons (Fsp3) is 0.211. The quantitative estimate of drug-likeness (QED) is 0.730. The van der Waals surface area contributed by atoms with Gasteiger partial charge in [-0.3, -0.25) is 0 Å². The van der Waals surface area contributed by atoms with Gasteiger partial charge in [0.1, 0.15) is 4.99 Å². The van der Waals surface area contributed by atoms with Crippen molar-refractivity contribution in [3.05, 3.63) is 78.4 Å². The first-order valence-electron chi connectivity index (χ1n) is 7.99. The van der Waals surface area contributed by atoms with E-state index in [1.807, 2.05) is 74.5 Å². The SMILES string of the molecule is [2H]C([2H])(C(=C)c1ccccc1)N(C(=S)c1ccccc1)C(C)C. The van der Waals surface area contributed by atoms with Crippen LogP contribution in [0, 0.1) is 0 Å². The molecule has 0 aliphatic carbocycles. The predicted octanol–water partition coefficient (Wildman–Crippen LogP) is 4.79. The van der Waals surface area contributed by atoms with E-state index in [0.717, 1.165) is 11.1 Å². The Morgan fingerprint density at radius 2 is 1.52 bits per heavy atom. The number of rotatable bonds is 5. The van der Waals surface area contributed by atoms with Gasteiger partial charge in [0.05, 0.1) is 2.74 Å². The molecule has 0 atom stereocenters. The highest BCUT2D eigenvalue weighted by Gasteiger charge is 2.16. The molecule has 0 N–H and O–H groups in total. The van der Waals surface area contributed by atoms with E-state index in [2.05, 4.69) is 6.58 Å². The first kappa shape index (κ1) is 12.8. The summed E-state index contributed by atoms with van der Waals surface area (Å²) >= 11 is 5.58. The first-order chi connectivity index (χ1) is 10.9. The van der Waals surface area contributed by atoms with Crippen molar-refractivity contribution in [2.75, 3.05) is 6.50 Å². The Kier molecular flexibility index (Phi) is 4.37. The van der Waals surface area contributed by atoms with E-state index in [1.54, 1.807) is 4.90 Å². The molecule has 0 aromatic heterocycles. The second kappa shape index (κ2) is 7.19. The normalized spacial score (nSPS) is 12.5. The van der Waals surface area contributed by atoms with Crippen molar-refractivity contribution in [3.8, 4) is 0 Å². The van der Waals surface area contributed by atoms with Gasteiger partial charge in [0.15, 0.2) is 0 Å². The van der Waals surface area contributed by atoms with Crippen LogP contribution in [0.1, 0.15) is 27.7 Å². The molecule has 0 aliphatic heterocycles. The minimum atomic E-state index is -1.78. The smallest absolute Gasteiger partial charge is 0.109 e. The molecule has 0 aliphatic rings. The monoisotopic (exact) mass is 297 g/mol. The lowest BCUT2D eigenvalue weighted by molar-refractivity contribution is 0.395. The average molecular weight is 297 g/mol. The second-order valence-electron chi connectivity index (χ2n) is 5.09. The van der Waals surface area contributed by atoms with Gasteiger partial charge in [-0.05, 0) is 25.0 Å². The zero-order valence-corrected chi connectivity index (χ0v) is 13.2. The van der Waals surface area contributed by atoms with Crippen molar-refractivity contribution >= 4 is 22.8 Å². The molecule has 2 heteroatoms. The summed E-state index contributed by atoms with van der Waals surface area (Å²) in [6.07, 6.45) is 0. The van der Waals surface area contributed by atoms with Crippen molar-refractivity contribution in [2.24, 2.45) is 0 Å². The summed E-state index contributed by atoms with van der Waals surface area (Å²) in [5.74, 6) is 0. The van der Waals surface area contributed by atoms with Gasteiger partial charge >= 0.3 is 0 Å². The number of benzene rings is 2. The van der Waals surface area contributed by atoms with Crippen LogP contribution >= 0.6 is 12.2 Å². The van der Waals surface area contributed by atoms with E-state index in [4.69, 9.17) is 15.0 Å². The number of hydrogen-bond donors (Lipinski definition) is 0. The van der Waals surface area contributed by atoms with E-state index in [-0.39, 0.29) is 6.04 Å². The molecule has 2 aromatic carbocycles. The van der Waals surface area contributed by atoms with Crippen LogP contribution in [0.15, 0.2) is 67.2 Å². The van der Waals surface area contributed by atoms with Crippen molar-refractivity contribution in [1.29, 1.82) is 0 Å². The summed E-state index contributed by atoms with van der Waals surface area (Å²) in [7, 11) is 0. The van der Waals surface area contributed by atoms with Gasteiger partial charge in [-0.15, -0.1) is 0 Å². The minimum Gasteiger partial charge on any atom is -0.356 e. The molecular formula is C19H21NS. The molecule has 2 rings (SSSR count). The Morgan fingerprint density at radius 3 is 2.00 bits per heavy atom. The lowest BCUT2D eigenvalue weighted by Gasteiger charge is -2.30. The third-order valence-corrected chi connectivity index (χ3v) is 3.57. The second-order valence-corrected chi connectivity index (χ2v) is 5.48. The molecule has 108 valence electrons. The lowest BCUT2D eigenvalue weighted by atomic mass is 10.1. The molecule has 0 saturated heterocycles. The van der Waals surface area contributed by atoms with Crippen molar-refractivity contribution in [3.63, 3.8) is 0 Å². The van der Waals surface area contributed by atoms with Crippen molar-refractivity contribution < 1.29 is 2.74 Å². The van der Waals surface area contributed by atoms with E-state index >= 15 is 0 Å². The molecule has 2 aromatic rings. The number of thiocarbonyl (C=S) groups is 1. The maximum absolute atomic E-state index is 8.64. The standard InChI is InChI=1S/C19H21NS/c1-15(2)20(19(21)18-12-8-5-9-13-18)14-16(3)17-10-6-4-7-11-17/h4-13,15H,3,14H2,1-2H3/i14D2. The Hall–Kier alpha value is -1.93. The Morgan fingerprint density at radius 1 is 1.05 bits per heavy atom. The number of nitrogens with zero attached hydrogens (tertiary/aromatic N) is 1. The fourth-order valence-electron chi connectivity index (χ4n) is 1.98. The van der Waals surface area contributed by atoms with Crippen LogP contribution in [-0.2, 0) is 0 Å². The highest BCUT2D eigenvalue weighted by Crippen LogP contribution is 2.17. The van der Waals surface area contributed by atoms with E-state index in [0.29, 0.717) is 10.6 Å². The highest BCUT2D eigenvalue weighted by molar-refractivity contribution is 7.80. The fourth-order valence-corrected chi connectivity index (χ4v) is 2.38.